The molecule has 2 aromatic rings. The number of hydrogen-bond donors (Lipinski definition) is 3. The van der Waals surface area contributed by atoms with Crippen molar-refractivity contribution in [3.63, 3.8) is 0 Å². The second-order valence-electron chi connectivity index (χ2n) is 7.09. The molecule has 0 atom stereocenters. The predicted molar refractivity (Wildman–Crippen MR) is 113 cm³/mol. The maximum atomic E-state index is 12.7. The predicted octanol–water partition coefficient (Wildman–Crippen LogP) is 3.59. The Bertz CT molecular complexity index is 891. The van der Waals surface area contributed by atoms with E-state index in [0.717, 1.165) is 18.4 Å². The fourth-order valence-electron chi connectivity index (χ4n) is 2.91. The van der Waals surface area contributed by atoms with E-state index >= 15 is 0 Å². The Balaban J connectivity index is 1.64. The third kappa shape index (κ3) is 5.81. The Kier molecular flexibility index (Phi) is 6.49. The van der Waals surface area contributed by atoms with Crippen LogP contribution in [0.4, 0.5) is 16.2 Å². The third-order valence-corrected chi connectivity index (χ3v) is 4.77. The van der Waals surface area contributed by atoms with Crippen LogP contribution in [-0.2, 0) is 11.3 Å². The molecule has 7 heteroatoms. The molecule has 0 aliphatic heterocycles. The molecule has 0 aromatic heterocycles. The highest BCUT2D eigenvalue weighted by Gasteiger charge is 2.23. The van der Waals surface area contributed by atoms with Crippen LogP contribution < -0.4 is 16.0 Å². The van der Waals surface area contributed by atoms with Crippen molar-refractivity contribution in [3.05, 3.63) is 59.7 Å². The van der Waals surface area contributed by atoms with E-state index in [1.807, 2.05) is 31.2 Å². The van der Waals surface area contributed by atoms with Crippen molar-refractivity contribution >= 4 is 29.2 Å². The van der Waals surface area contributed by atoms with Crippen LogP contribution in [0.2, 0.25) is 0 Å². The summed E-state index contributed by atoms with van der Waals surface area (Å²) in [5.41, 5.74) is 2.64. The Hall–Kier alpha value is -3.35. The highest BCUT2D eigenvalue weighted by atomic mass is 16.2. The molecule has 7 nitrogen and oxygen atoms in total. The molecule has 0 bridgehead atoms. The number of carbonyl (C=O) groups excluding carboxylic acids is 3. The molecule has 3 rings (SSSR count). The maximum Gasteiger partial charge on any atom is 0.319 e. The SMILES string of the molecule is CCN(Cc1ccccc1NC(=O)c1ccc(NC(=O)NC2CC2)cc1)C(C)=O. The zero-order chi connectivity index (χ0) is 20.8. The van der Waals surface area contributed by atoms with E-state index in [-0.39, 0.29) is 23.9 Å². The van der Waals surface area contributed by atoms with E-state index in [1.165, 1.54) is 6.92 Å². The van der Waals surface area contributed by atoms with Crippen molar-refractivity contribution in [2.75, 3.05) is 17.2 Å². The zero-order valence-corrected chi connectivity index (χ0v) is 16.7. The first-order valence-electron chi connectivity index (χ1n) is 9.78. The number of anilines is 2. The van der Waals surface area contributed by atoms with E-state index in [4.69, 9.17) is 0 Å². The lowest BCUT2D eigenvalue weighted by Gasteiger charge is -2.21. The lowest BCUT2D eigenvalue weighted by atomic mass is 10.1. The first-order chi connectivity index (χ1) is 14.0. The first-order valence-corrected chi connectivity index (χ1v) is 9.78. The summed E-state index contributed by atoms with van der Waals surface area (Å²) >= 11 is 0. The summed E-state index contributed by atoms with van der Waals surface area (Å²) < 4.78 is 0. The number of nitrogens with zero attached hydrogens (tertiary/aromatic N) is 1. The van der Waals surface area contributed by atoms with Gasteiger partial charge < -0.3 is 20.9 Å². The number of amides is 4. The maximum absolute atomic E-state index is 12.7. The number of rotatable bonds is 7. The molecule has 1 aliphatic rings. The van der Waals surface area contributed by atoms with Gasteiger partial charge >= 0.3 is 6.03 Å². The molecule has 152 valence electrons. The number of urea groups is 1. The Morgan fingerprint density at radius 3 is 2.31 bits per heavy atom. The van der Waals surface area contributed by atoms with Gasteiger partial charge in [-0.2, -0.15) is 0 Å². The molecule has 0 spiro atoms. The van der Waals surface area contributed by atoms with Crippen LogP contribution >= 0.6 is 0 Å². The molecule has 2 aromatic carbocycles. The van der Waals surface area contributed by atoms with Gasteiger partial charge in [0.1, 0.15) is 0 Å². The Morgan fingerprint density at radius 2 is 1.69 bits per heavy atom. The van der Waals surface area contributed by atoms with Gasteiger partial charge in [-0.3, -0.25) is 9.59 Å². The number of para-hydroxylation sites is 1. The van der Waals surface area contributed by atoms with Gasteiger partial charge in [-0.25, -0.2) is 4.79 Å². The first kappa shape index (κ1) is 20.4. The monoisotopic (exact) mass is 394 g/mol. The van der Waals surface area contributed by atoms with Crippen LogP contribution in [0.1, 0.15) is 42.6 Å². The summed E-state index contributed by atoms with van der Waals surface area (Å²) in [5.74, 6) is -0.264. The third-order valence-electron chi connectivity index (χ3n) is 4.77. The van der Waals surface area contributed by atoms with Crippen molar-refractivity contribution in [1.29, 1.82) is 0 Å². The van der Waals surface area contributed by atoms with Gasteiger partial charge in [0.05, 0.1) is 0 Å². The van der Waals surface area contributed by atoms with Crippen LogP contribution in [0.25, 0.3) is 0 Å². The molecule has 1 aliphatic carbocycles. The number of carbonyl (C=O) groups is 3. The molecule has 29 heavy (non-hydrogen) atoms. The summed E-state index contributed by atoms with van der Waals surface area (Å²) in [6.45, 7) is 4.48. The summed E-state index contributed by atoms with van der Waals surface area (Å²) in [5, 5.41) is 8.52. The van der Waals surface area contributed by atoms with Gasteiger partial charge in [0.2, 0.25) is 5.91 Å². The standard InChI is InChI=1S/C22H26N4O3/c1-3-26(15(2)27)14-17-6-4-5-7-20(17)25-21(28)16-8-10-18(11-9-16)23-22(29)24-19-12-13-19/h4-11,19H,3,12-14H2,1-2H3,(H,25,28)(H2,23,24,29). The molecular formula is C22H26N4O3. The largest absolute Gasteiger partial charge is 0.339 e. The fourth-order valence-corrected chi connectivity index (χ4v) is 2.91. The molecule has 0 heterocycles. The molecule has 0 radical (unpaired) electrons. The highest BCUT2D eigenvalue weighted by Crippen LogP contribution is 2.20. The van der Waals surface area contributed by atoms with Crippen molar-refractivity contribution in [1.82, 2.24) is 10.2 Å². The zero-order valence-electron chi connectivity index (χ0n) is 16.7. The van der Waals surface area contributed by atoms with Crippen LogP contribution in [0.3, 0.4) is 0 Å². The van der Waals surface area contributed by atoms with E-state index in [9.17, 15) is 14.4 Å². The molecule has 4 amide bonds. The number of benzene rings is 2. The Labute approximate surface area is 170 Å². The lowest BCUT2D eigenvalue weighted by Crippen LogP contribution is -2.30. The average Bonchev–Trinajstić information content (AvgIpc) is 3.51. The number of nitrogens with one attached hydrogen (secondary N) is 3. The lowest BCUT2D eigenvalue weighted by molar-refractivity contribution is -0.129. The van der Waals surface area contributed by atoms with Gasteiger partial charge in [0.25, 0.3) is 5.91 Å². The van der Waals surface area contributed by atoms with Gasteiger partial charge in [-0.05, 0) is 55.7 Å². The summed E-state index contributed by atoms with van der Waals surface area (Å²) in [4.78, 5) is 37.9. The molecule has 1 fully saturated rings. The van der Waals surface area contributed by atoms with Gasteiger partial charge in [0.15, 0.2) is 0 Å². The van der Waals surface area contributed by atoms with Crippen molar-refractivity contribution < 1.29 is 14.4 Å². The number of hydrogen-bond acceptors (Lipinski definition) is 3. The smallest absolute Gasteiger partial charge is 0.319 e. The van der Waals surface area contributed by atoms with E-state index < -0.39 is 0 Å². The summed E-state index contributed by atoms with van der Waals surface area (Å²) in [6, 6.07) is 14.2. The topological polar surface area (TPSA) is 90.5 Å². The van der Waals surface area contributed by atoms with Crippen LogP contribution in [0.15, 0.2) is 48.5 Å². The normalized spacial score (nSPS) is 12.8. The van der Waals surface area contributed by atoms with Crippen LogP contribution in [0.5, 0.6) is 0 Å². The minimum Gasteiger partial charge on any atom is -0.339 e. The molecule has 1 saturated carbocycles. The van der Waals surface area contributed by atoms with Crippen LogP contribution in [-0.4, -0.2) is 35.3 Å². The average molecular weight is 394 g/mol. The second-order valence-corrected chi connectivity index (χ2v) is 7.09. The molecule has 3 N–H and O–H groups in total. The Morgan fingerprint density at radius 1 is 1.00 bits per heavy atom. The van der Waals surface area contributed by atoms with Crippen molar-refractivity contribution in [2.24, 2.45) is 0 Å². The van der Waals surface area contributed by atoms with E-state index in [2.05, 4.69) is 16.0 Å². The van der Waals surface area contributed by atoms with Gasteiger partial charge in [0, 0.05) is 43.0 Å². The van der Waals surface area contributed by atoms with Gasteiger partial charge in [-0.1, -0.05) is 18.2 Å². The fraction of sp³-hybridized carbons (Fsp3) is 0.318. The van der Waals surface area contributed by atoms with E-state index in [1.54, 1.807) is 29.2 Å². The molecular weight excluding hydrogens is 368 g/mol. The van der Waals surface area contributed by atoms with Crippen molar-refractivity contribution in [2.45, 2.75) is 39.3 Å². The van der Waals surface area contributed by atoms with Gasteiger partial charge in [-0.15, -0.1) is 0 Å². The summed E-state index contributed by atoms with van der Waals surface area (Å²) in [6.07, 6.45) is 2.05. The quantitative estimate of drug-likeness (QED) is 0.670. The molecule has 0 saturated heterocycles. The van der Waals surface area contributed by atoms with Crippen molar-refractivity contribution in [3.8, 4) is 0 Å². The second kappa shape index (κ2) is 9.23. The van der Waals surface area contributed by atoms with Crippen LogP contribution in [0, 0.1) is 0 Å². The minimum atomic E-state index is -0.252. The minimum absolute atomic E-state index is 0.0116. The van der Waals surface area contributed by atoms with E-state index in [0.29, 0.717) is 30.0 Å². The molecule has 0 unspecified atom stereocenters. The highest BCUT2D eigenvalue weighted by molar-refractivity contribution is 6.05. The summed E-state index contributed by atoms with van der Waals surface area (Å²) in [7, 11) is 0.